The van der Waals surface area contributed by atoms with Crippen molar-refractivity contribution < 1.29 is 9.53 Å². The number of nitrogens with one attached hydrogen (secondary N) is 1. The number of rotatable bonds is 8. The minimum absolute atomic E-state index is 0.00639. The molecule has 1 aliphatic rings. The Morgan fingerprint density at radius 2 is 2.05 bits per heavy atom. The first kappa shape index (κ1) is 17.4. The fraction of sp³-hybridized carbons (Fsp3) is 0.867. The standard InChI is InChI=1S/C15H28N2O2S/c1-4-7-15(8-5-2,13(16)20)14(18)17-11(3)12-6-9-19-10-12/h11-12H,4-10H2,1-3H3,(H2,16,20)(H,17,18). The van der Waals surface area contributed by atoms with Crippen LogP contribution in [-0.4, -0.2) is 30.2 Å². The number of amides is 1. The molecule has 2 unspecified atom stereocenters. The van der Waals surface area contributed by atoms with E-state index in [0.29, 0.717) is 10.9 Å². The highest BCUT2D eigenvalue weighted by molar-refractivity contribution is 7.80. The lowest BCUT2D eigenvalue weighted by Crippen LogP contribution is -2.52. The van der Waals surface area contributed by atoms with Crippen LogP contribution in [0.2, 0.25) is 0 Å². The third-order valence-electron chi connectivity index (χ3n) is 4.29. The van der Waals surface area contributed by atoms with Crippen molar-refractivity contribution in [2.45, 2.75) is 58.9 Å². The molecule has 5 heteroatoms. The third-order valence-corrected chi connectivity index (χ3v) is 4.68. The van der Waals surface area contributed by atoms with Crippen molar-refractivity contribution in [2.75, 3.05) is 13.2 Å². The van der Waals surface area contributed by atoms with Crippen molar-refractivity contribution >= 4 is 23.1 Å². The molecule has 116 valence electrons. The van der Waals surface area contributed by atoms with Gasteiger partial charge in [0.15, 0.2) is 0 Å². The minimum atomic E-state index is -0.688. The number of carbonyl (C=O) groups excluding carboxylic acids is 1. The van der Waals surface area contributed by atoms with Crippen molar-refractivity contribution in [1.29, 1.82) is 0 Å². The van der Waals surface area contributed by atoms with Gasteiger partial charge in [-0.25, -0.2) is 0 Å². The molecule has 2 atom stereocenters. The van der Waals surface area contributed by atoms with Crippen molar-refractivity contribution in [3.8, 4) is 0 Å². The number of thiocarbonyl (C=S) groups is 1. The Labute approximate surface area is 127 Å². The van der Waals surface area contributed by atoms with Gasteiger partial charge in [-0.3, -0.25) is 4.79 Å². The van der Waals surface area contributed by atoms with Crippen molar-refractivity contribution in [2.24, 2.45) is 17.1 Å². The van der Waals surface area contributed by atoms with Gasteiger partial charge in [-0.2, -0.15) is 0 Å². The molecule has 20 heavy (non-hydrogen) atoms. The highest BCUT2D eigenvalue weighted by Gasteiger charge is 2.41. The Bertz CT molecular complexity index is 335. The van der Waals surface area contributed by atoms with Gasteiger partial charge in [-0.1, -0.05) is 38.9 Å². The van der Waals surface area contributed by atoms with E-state index in [1.54, 1.807) is 0 Å². The summed E-state index contributed by atoms with van der Waals surface area (Å²) in [5.74, 6) is 0.388. The largest absolute Gasteiger partial charge is 0.392 e. The lowest BCUT2D eigenvalue weighted by Gasteiger charge is -2.33. The Morgan fingerprint density at radius 1 is 1.45 bits per heavy atom. The number of hydrogen-bond donors (Lipinski definition) is 2. The molecule has 0 radical (unpaired) electrons. The molecule has 1 fully saturated rings. The number of carbonyl (C=O) groups is 1. The number of nitrogens with two attached hydrogens (primary N) is 1. The van der Waals surface area contributed by atoms with Crippen molar-refractivity contribution in [3.05, 3.63) is 0 Å². The zero-order valence-corrected chi connectivity index (χ0v) is 13.7. The van der Waals surface area contributed by atoms with Crippen LogP contribution >= 0.6 is 12.2 Å². The number of ether oxygens (including phenoxy) is 1. The molecule has 0 aromatic heterocycles. The molecule has 3 N–H and O–H groups in total. The maximum atomic E-state index is 12.7. The Kier molecular flexibility index (Phi) is 6.89. The lowest BCUT2D eigenvalue weighted by atomic mass is 9.77. The summed E-state index contributed by atoms with van der Waals surface area (Å²) in [6, 6.07) is 0.104. The fourth-order valence-corrected chi connectivity index (χ4v) is 3.27. The van der Waals surface area contributed by atoms with E-state index in [4.69, 9.17) is 22.7 Å². The molecule has 0 aromatic rings. The van der Waals surface area contributed by atoms with Crippen LogP contribution in [0.15, 0.2) is 0 Å². The first-order chi connectivity index (χ1) is 9.47. The van der Waals surface area contributed by atoms with Gasteiger partial charge in [0.2, 0.25) is 5.91 Å². The van der Waals surface area contributed by atoms with Crippen LogP contribution in [0.5, 0.6) is 0 Å². The SMILES string of the molecule is CCCC(CCC)(C(=O)NC(C)C1CCOC1)C(N)=S. The average molecular weight is 300 g/mol. The van der Waals surface area contributed by atoms with Crippen LogP contribution in [0.4, 0.5) is 0 Å². The maximum absolute atomic E-state index is 12.7. The summed E-state index contributed by atoms with van der Waals surface area (Å²) >= 11 is 5.22. The zero-order chi connectivity index (χ0) is 15.2. The second kappa shape index (κ2) is 7.93. The molecular weight excluding hydrogens is 272 g/mol. The van der Waals surface area contributed by atoms with Crippen LogP contribution < -0.4 is 11.1 Å². The van der Waals surface area contributed by atoms with E-state index in [2.05, 4.69) is 19.2 Å². The topological polar surface area (TPSA) is 64.3 Å². The smallest absolute Gasteiger partial charge is 0.233 e. The van der Waals surface area contributed by atoms with Gasteiger partial charge in [0.1, 0.15) is 0 Å². The molecule has 1 heterocycles. The van der Waals surface area contributed by atoms with Gasteiger partial charge in [0.05, 0.1) is 17.0 Å². The molecule has 1 aliphatic heterocycles. The molecular formula is C15H28N2O2S. The van der Waals surface area contributed by atoms with Crippen molar-refractivity contribution in [3.63, 3.8) is 0 Å². The Morgan fingerprint density at radius 3 is 2.45 bits per heavy atom. The average Bonchev–Trinajstić information content (AvgIpc) is 2.91. The predicted octanol–water partition coefficient (Wildman–Crippen LogP) is 2.40. The minimum Gasteiger partial charge on any atom is -0.392 e. The van der Waals surface area contributed by atoms with Gasteiger partial charge in [0.25, 0.3) is 0 Å². The molecule has 4 nitrogen and oxygen atoms in total. The third kappa shape index (κ3) is 3.92. The maximum Gasteiger partial charge on any atom is 0.233 e. The summed E-state index contributed by atoms with van der Waals surface area (Å²) < 4.78 is 5.39. The first-order valence-electron chi connectivity index (χ1n) is 7.66. The molecule has 0 bridgehead atoms. The van der Waals surface area contributed by atoms with Crippen LogP contribution in [0.25, 0.3) is 0 Å². The molecule has 0 aromatic carbocycles. The normalized spacial score (nSPS) is 20.6. The van der Waals surface area contributed by atoms with E-state index in [0.717, 1.165) is 45.3 Å². The van der Waals surface area contributed by atoms with Crippen LogP contribution in [0.3, 0.4) is 0 Å². The van der Waals surface area contributed by atoms with E-state index in [9.17, 15) is 4.79 Å². The Balaban J connectivity index is 2.78. The zero-order valence-electron chi connectivity index (χ0n) is 12.9. The quantitative estimate of drug-likeness (QED) is 0.676. The highest BCUT2D eigenvalue weighted by Crippen LogP contribution is 2.31. The summed E-state index contributed by atoms with van der Waals surface area (Å²) in [6.07, 6.45) is 4.23. The van der Waals surface area contributed by atoms with Gasteiger partial charge >= 0.3 is 0 Å². The summed E-state index contributed by atoms with van der Waals surface area (Å²) in [7, 11) is 0. The van der Waals surface area contributed by atoms with Gasteiger partial charge < -0.3 is 15.8 Å². The molecule has 0 saturated carbocycles. The monoisotopic (exact) mass is 300 g/mol. The van der Waals surface area contributed by atoms with Crippen LogP contribution in [0.1, 0.15) is 52.9 Å². The molecule has 1 saturated heterocycles. The van der Waals surface area contributed by atoms with E-state index in [1.165, 1.54) is 0 Å². The molecule has 0 spiro atoms. The molecule has 1 rings (SSSR count). The van der Waals surface area contributed by atoms with Crippen LogP contribution in [0, 0.1) is 11.3 Å². The summed E-state index contributed by atoms with van der Waals surface area (Å²) in [4.78, 5) is 13.1. The van der Waals surface area contributed by atoms with E-state index >= 15 is 0 Å². The summed E-state index contributed by atoms with van der Waals surface area (Å²) in [6.45, 7) is 7.67. The van der Waals surface area contributed by atoms with Crippen LogP contribution in [-0.2, 0) is 9.53 Å². The van der Waals surface area contributed by atoms with Crippen molar-refractivity contribution in [1.82, 2.24) is 5.32 Å². The second-order valence-electron chi connectivity index (χ2n) is 5.83. The summed E-state index contributed by atoms with van der Waals surface area (Å²) in [5, 5.41) is 3.13. The van der Waals surface area contributed by atoms with E-state index in [-0.39, 0.29) is 11.9 Å². The fourth-order valence-electron chi connectivity index (χ4n) is 2.97. The first-order valence-corrected chi connectivity index (χ1v) is 8.07. The summed E-state index contributed by atoms with van der Waals surface area (Å²) in [5.41, 5.74) is 5.23. The lowest BCUT2D eigenvalue weighted by molar-refractivity contribution is -0.129. The number of hydrogen-bond acceptors (Lipinski definition) is 3. The highest BCUT2D eigenvalue weighted by atomic mass is 32.1. The van der Waals surface area contributed by atoms with E-state index in [1.807, 2.05) is 6.92 Å². The van der Waals surface area contributed by atoms with Gasteiger partial charge in [-0.05, 0) is 26.2 Å². The molecule has 1 amide bonds. The van der Waals surface area contributed by atoms with E-state index < -0.39 is 5.41 Å². The second-order valence-corrected chi connectivity index (χ2v) is 6.27. The predicted molar refractivity (Wildman–Crippen MR) is 85.6 cm³/mol. The molecule has 0 aliphatic carbocycles. The van der Waals surface area contributed by atoms with Gasteiger partial charge in [0, 0.05) is 18.6 Å². The Hall–Kier alpha value is -0.680. The van der Waals surface area contributed by atoms with Gasteiger partial charge in [-0.15, -0.1) is 0 Å².